The molecule has 1 saturated heterocycles. The smallest absolute Gasteiger partial charge is 0.254 e. The van der Waals surface area contributed by atoms with Gasteiger partial charge in [-0.25, -0.2) is 0 Å². The van der Waals surface area contributed by atoms with E-state index in [2.05, 4.69) is 0 Å². The van der Waals surface area contributed by atoms with Crippen LogP contribution in [0.1, 0.15) is 41.3 Å². The molecule has 0 aliphatic carbocycles. The first kappa shape index (κ1) is 18.4. The minimum absolute atomic E-state index is 0.0685. The maximum Gasteiger partial charge on any atom is 0.254 e. The number of aromatic nitrogens is 1. The molecule has 1 aromatic carbocycles. The molecule has 0 spiro atoms. The van der Waals surface area contributed by atoms with Crippen molar-refractivity contribution in [2.45, 2.75) is 45.9 Å². The molecule has 0 bridgehead atoms. The highest BCUT2D eigenvalue weighted by atomic mass is 16.5. The van der Waals surface area contributed by atoms with Gasteiger partial charge >= 0.3 is 0 Å². The fraction of sp³-hybridized carbons (Fsp3) is 0.429. The number of nitrogens with zero attached hydrogens (tertiary/aromatic N) is 2. The summed E-state index contributed by atoms with van der Waals surface area (Å²) >= 11 is 0. The minimum atomic E-state index is -0.147. The van der Waals surface area contributed by atoms with Gasteiger partial charge in [0.2, 0.25) is 0 Å². The van der Waals surface area contributed by atoms with E-state index in [0.29, 0.717) is 25.2 Å². The van der Waals surface area contributed by atoms with Crippen molar-refractivity contribution in [3.63, 3.8) is 0 Å². The Bertz CT molecular complexity index is 822. The van der Waals surface area contributed by atoms with Gasteiger partial charge in [-0.05, 0) is 43.9 Å². The van der Waals surface area contributed by atoms with Gasteiger partial charge < -0.3 is 14.2 Å². The van der Waals surface area contributed by atoms with E-state index in [4.69, 9.17) is 4.74 Å². The summed E-state index contributed by atoms with van der Waals surface area (Å²) in [4.78, 5) is 27.1. The highest BCUT2D eigenvalue weighted by Crippen LogP contribution is 2.18. The van der Waals surface area contributed by atoms with Crippen molar-refractivity contribution in [1.82, 2.24) is 9.47 Å². The van der Waals surface area contributed by atoms with Crippen molar-refractivity contribution in [3.8, 4) is 0 Å². The first-order valence-electron chi connectivity index (χ1n) is 9.24. The van der Waals surface area contributed by atoms with Crippen LogP contribution >= 0.6 is 0 Å². The third-order valence-corrected chi connectivity index (χ3v) is 4.94. The second-order valence-corrected chi connectivity index (χ2v) is 6.79. The molecular formula is C21H26N2O3. The van der Waals surface area contributed by atoms with Crippen LogP contribution in [-0.2, 0) is 17.8 Å². The Balaban J connectivity index is 1.86. The molecule has 5 nitrogen and oxygen atoms in total. The number of carbonyl (C=O) groups excluding carboxylic acids is 1. The molecule has 1 aliphatic heterocycles. The third kappa shape index (κ3) is 4.22. The van der Waals surface area contributed by atoms with Crippen LogP contribution in [0.3, 0.4) is 0 Å². The number of hydrogen-bond acceptors (Lipinski definition) is 3. The summed E-state index contributed by atoms with van der Waals surface area (Å²) in [5.41, 5.74) is 2.55. The highest BCUT2D eigenvalue weighted by Gasteiger charge is 2.24. The Morgan fingerprint density at radius 3 is 2.77 bits per heavy atom. The predicted molar refractivity (Wildman–Crippen MR) is 101 cm³/mol. The lowest BCUT2D eigenvalue weighted by molar-refractivity contribution is 0.0506. The molecule has 2 aromatic rings. The normalized spacial score (nSPS) is 16.6. The zero-order valence-corrected chi connectivity index (χ0v) is 15.5. The molecular weight excluding hydrogens is 328 g/mol. The molecule has 1 fully saturated rings. The zero-order valence-electron chi connectivity index (χ0n) is 15.5. The number of carbonyl (C=O) groups is 1. The van der Waals surface area contributed by atoms with Crippen LogP contribution in [-0.4, -0.2) is 34.6 Å². The van der Waals surface area contributed by atoms with Crippen LogP contribution < -0.4 is 5.56 Å². The van der Waals surface area contributed by atoms with E-state index in [0.717, 1.165) is 30.6 Å². The molecule has 2 heterocycles. The molecule has 0 N–H and O–H groups in total. The van der Waals surface area contributed by atoms with Crippen LogP contribution in [0.4, 0.5) is 0 Å². The van der Waals surface area contributed by atoms with Crippen LogP contribution in [0.15, 0.2) is 47.4 Å². The van der Waals surface area contributed by atoms with Crippen LogP contribution in [0.25, 0.3) is 0 Å². The van der Waals surface area contributed by atoms with Crippen molar-refractivity contribution < 1.29 is 9.53 Å². The standard InChI is InChI=1S/C21H26N2O3/c1-3-22-11-10-17(13-20(22)24)21(25)23(15-19-9-6-12-26-19)14-18-8-5-4-7-16(18)2/h4-5,7-8,10-11,13,19H,3,6,9,12,14-15H2,1-2H3/t19-/m1/s1. The fourth-order valence-electron chi connectivity index (χ4n) is 3.33. The number of rotatable bonds is 6. The van der Waals surface area contributed by atoms with Gasteiger partial charge in [0.25, 0.3) is 11.5 Å². The SMILES string of the molecule is CCn1ccc(C(=O)N(Cc2ccccc2C)C[C@H]2CCCO2)cc1=O. The number of ether oxygens (including phenoxy) is 1. The predicted octanol–water partition coefficient (Wildman–Crippen LogP) is 3.00. The summed E-state index contributed by atoms with van der Waals surface area (Å²) in [5.74, 6) is -0.121. The maximum atomic E-state index is 13.1. The maximum absolute atomic E-state index is 13.1. The first-order chi connectivity index (χ1) is 12.6. The van der Waals surface area contributed by atoms with Crippen LogP contribution in [0, 0.1) is 6.92 Å². The van der Waals surface area contributed by atoms with E-state index in [-0.39, 0.29) is 17.6 Å². The Morgan fingerprint density at radius 2 is 2.12 bits per heavy atom. The van der Waals surface area contributed by atoms with E-state index in [1.54, 1.807) is 16.8 Å². The molecule has 26 heavy (non-hydrogen) atoms. The Labute approximate surface area is 154 Å². The van der Waals surface area contributed by atoms with Crippen LogP contribution in [0.5, 0.6) is 0 Å². The largest absolute Gasteiger partial charge is 0.376 e. The summed E-state index contributed by atoms with van der Waals surface area (Å²) in [6.45, 7) is 6.36. The number of benzene rings is 1. The molecule has 1 amide bonds. The van der Waals surface area contributed by atoms with Gasteiger partial charge in [-0.3, -0.25) is 9.59 Å². The highest BCUT2D eigenvalue weighted by molar-refractivity contribution is 5.94. The Morgan fingerprint density at radius 1 is 1.31 bits per heavy atom. The summed E-state index contributed by atoms with van der Waals surface area (Å²) in [6.07, 6.45) is 3.76. The van der Waals surface area contributed by atoms with Gasteiger partial charge in [-0.1, -0.05) is 24.3 Å². The molecule has 138 valence electrons. The average Bonchev–Trinajstić information content (AvgIpc) is 3.15. The lowest BCUT2D eigenvalue weighted by atomic mass is 10.1. The first-order valence-corrected chi connectivity index (χ1v) is 9.24. The van der Waals surface area contributed by atoms with Gasteiger partial charge in [-0.2, -0.15) is 0 Å². The van der Waals surface area contributed by atoms with E-state index < -0.39 is 0 Å². The quantitative estimate of drug-likeness (QED) is 0.801. The molecule has 1 aliphatic rings. The molecule has 5 heteroatoms. The van der Waals surface area contributed by atoms with Gasteiger partial charge in [0.15, 0.2) is 0 Å². The lowest BCUT2D eigenvalue weighted by Crippen LogP contribution is -2.37. The van der Waals surface area contributed by atoms with Crippen molar-refractivity contribution in [2.75, 3.05) is 13.2 Å². The van der Waals surface area contributed by atoms with Crippen molar-refractivity contribution in [3.05, 3.63) is 69.6 Å². The summed E-state index contributed by atoms with van der Waals surface area (Å²) in [5, 5.41) is 0. The zero-order chi connectivity index (χ0) is 18.5. The van der Waals surface area contributed by atoms with E-state index >= 15 is 0 Å². The third-order valence-electron chi connectivity index (χ3n) is 4.94. The van der Waals surface area contributed by atoms with E-state index in [1.165, 1.54) is 6.07 Å². The molecule has 3 rings (SSSR count). The van der Waals surface area contributed by atoms with Crippen LogP contribution in [0.2, 0.25) is 0 Å². The summed E-state index contributed by atoms with van der Waals surface area (Å²) < 4.78 is 7.32. The summed E-state index contributed by atoms with van der Waals surface area (Å²) in [7, 11) is 0. The molecule has 0 radical (unpaired) electrons. The molecule has 0 unspecified atom stereocenters. The molecule has 1 atom stereocenters. The second kappa shape index (κ2) is 8.32. The summed E-state index contributed by atoms with van der Waals surface area (Å²) in [6, 6.07) is 11.2. The Hall–Kier alpha value is -2.40. The average molecular weight is 354 g/mol. The minimum Gasteiger partial charge on any atom is -0.376 e. The number of amides is 1. The topological polar surface area (TPSA) is 51.5 Å². The van der Waals surface area contributed by atoms with Crippen molar-refractivity contribution >= 4 is 5.91 Å². The lowest BCUT2D eigenvalue weighted by Gasteiger charge is -2.26. The molecule has 1 aromatic heterocycles. The van der Waals surface area contributed by atoms with Crippen molar-refractivity contribution in [2.24, 2.45) is 0 Å². The van der Waals surface area contributed by atoms with E-state index in [1.807, 2.05) is 43.0 Å². The second-order valence-electron chi connectivity index (χ2n) is 6.79. The molecule has 0 saturated carbocycles. The fourth-order valence-corrected chi connectivity index (χ4v) is 3.33. The number of hydrogen-bond donors (Lipinski definition) is 0. The van der Waals surface area contributed by atoms with Gasteiger partial charge in [0.05, 0.1) is 6.10 Å². The van der Waals surface area contributed by atoms with E-state index in [9.17, 15) is 9.59 Å². The van der Waals surface area contributed by atoms with Crippen molar-refractivity contribution in [1.29, 1.82) is 0 Å². The Kier molecular flexibility index (Phi) is 5.89. The van der Waals surface area contributed by atoms with Gasteiger partial charge in [0.1, 0.15) is 0 Å². The monoisotopic (exact) mass is 354 g/mol. The number of aryl methyl sites for hydroxylation is 2. The number of pyridine rings is 1. The van der Waals surface area contributed by atoms with Gasteiger partial charge in [-0.15, -0.1) is 0 Å². The van der Waals surface area contributed by atoms with Gasteiger partial charge in [0, 0.05) is 44.1 Å².